The molecule has 1 unspecified atom stereocenters. The Morgan fingerprint density at radius 2 is 2.10 bits per heavy atom. The van der Waals surface area contributed by atoms with Gasteiger partial charge in [0.2, 0.25) is 0 Å². The molecule has 0 radical (unpaired) electrons. The minimum Gasteiger partial charge on any atom is -0.463 e. The maximum Gasteiger partial charge on any atom is 0.305 e. The van der Waals surface area contributed by atoms with Crippen LogP contribution in [0.2, 0.25) is 0 Å². The standard InChI is InChI=1S/C17H30O3/c1-7-8-15(18)19-12-17(5,6)20-13(2)14-9-10-16(3,4)11-14/h9,13H,7-8,10-12H2,1-6H3. The van der Waals surface area contributed by atoms with E-state index in [4.69, 9.17) is 9.47 Å². The maximum absolute atomic E-state index is 11.4. The highest BCUT2D eigenvalue weighted by atomic mass is 16.6. The van der Waals surface area contributed by atoms with Crippen molar-refractivity contribution >= 4 is 5.97 Å². The van der Waals surface area contributed by atoms with Crippen molar-refractivity contribution in [3.63, 3.8) is 0 Å². The lowest BCUT2D eigenvalue weighted by Crippen LogP contribution is -2.36. The Kier molecular flexibility index (Phi) is 5.81. The van der Waals surface area contributed by atoms with Crippen molar-refractivity contribution in [2.24, 2.45) is 5.41 Å². The van der Waals surface area contributed by atoms with Gasteiger partial charge in [0.15, 0.2) is 0 Å². The van der Waals surface area contributed by atoms with Gasteiger partial charge in [0.05, 0.1) is 11.7 Å². The van der Waals surface area contributed by atoms with Crippen LogP contribution >= 0.6 is 0 Å². The van der Waals surface area contributed by atoms with Gasteiger partial charge in [-0.15, -0.1) is 0 Å². The van der Waals surface area contributed by atoms with Crippen molar-refractivity contribution in [2.75, 3.05) is 6.61 Å². The molecule has 0 saturated heterocycles. The lowest BCUT2D eigenvalue weighted by atomic mass is 9.89. The number of carbonyl (C=O) groups excluding carboxylic acids is 1. The molecule has 0 aromatic carbocycles. The number of esters is 1. The highest BCUT2D eigenvalue weighted by molar-refractivity contribution is 5.69. The van der Waals surface area contributed by atoms with Crippen LogP contribution in [-0.2, 0) is 14.3 Å². The van der Waals surface area contributed by atoms with Crippen LogP contribution in [0, 0.1) is 5.41 Å². The van der Waals surface area contributed by atoms with Gasteiger partial charge in [-0.2, -0.15) is 0 Å². The van der Waals surface area contributed by atoms with Crippen LogP contribution in [0.15, 0.2) is 11.6 Å². The fourth-order valence-electron chi connectivity index (χ4n) is 2.53. The summed E-state index contributed by atoms with van der Waals surface area (Å²) >= 11 is 0. The average molecular weight is 282 g/mol. The van der Waals surface area contributed by atoms with E-state index in [1.165, 1.54) is 5.57 Å². The van der Waals surface area contributed by atoms with Gasteiger partial charge < -0.3 is 9.47 Å². The molecule has 0 amide bonds. The Bertz CT molecular complexity index is 366. The van der Waals surface area contributed by atoms with E-state index in [0.717, 1.165) is 19.3 Å². The summed E-state index contributed by atoms with van der Waals surface area (Å²) in [5, 5.41) is 0. The monoisotopic (exact) mass is 282 g/mol. The van der Waals surface area contributed by atoms with Crippen molar-refractivity contribution in [2.45, 2.75) is 78.9 Å². The van der Waals surface area contributed by atoms with Gasteiger partial charge in [-0.1, -0.05) is 26.8 Å². The molecule has 1 rings (SSSR count). The zero-order chi connectivity index (χ0) is 15.4. The molecule has 1 atom stereocenters. The van der Waals surface area contributed by atoms with Gasteiger partial charge >= 0.3 is 5.97 Å². The molecule has 3 nitrogen and oxygen atoms in total. The second kappa shape index (κ2) is 6.75. The highest BCUT2D eigenvalue weighted by Crippen LogP contribution is 2.38. The molecule has 0 aromatic rings. The zero-order valence-electron chi connectivity index (χ0n) is 13.9. The normalized spacial score (nSPS) is 19.6. The minimum absolute atomic E-state index is 0.0802. The topological polar surface area (TPSA) is 35.5 Å². The quantitative estimate of drug-likeness (QED) is 0.517. The fraction of sp³-hybridized carbons (Fsp3) is 0.824. The van der Waals surface area contributed by atoms with Crippen LogP contribution in [0.1, 0.15) is 67.2 Å². The third-order valence-electron chi connectivity index (χ3n) is 3.65. The van der Waals surface area contributed by atoms with Crippen molar-refractivity contribution in [3.8, 4) is 0 Å². The van der Waals surface area contributed by atoms with Gasteiger partial charge in [0.1, 0.15) is 6.61 Å². The van der Waals surface area contributed by atoms with Crippen molar-refractivity contribution in [1.29, 1.82) is 0 Å². The van der Waals surface area contributed by atoms with E-state index in [1.54, 1.807) is 0 Å². The molecule has 1 aliphatic rings. The molecule has 0 saturated carbocycles. The van der Waals surface area contributed by atoms with Crippen molar-refractivity contribution < 1.29 is 14.3 Å². The largest absolute Gasteiger partial charge is 0.463 e. The molecule has 0 heterocycles. The highest BCUT2D eigenvalue weighted by Gasteiger charge is 2.31. The van der Waals surface area contributed by atoms with Crippen LogP contribution in [0.4, 0.5) is 0 Å². The predicted molar refractivity (Wildman–Crippen MR) is 81.6 cm³/mol. The van der Waals surface area contributed by atoms with E-state index in [-0.39, 0.29) is 12.1 Å². The van der Waals surface area contributed by atoms with Crippen LogP contribution in [0.5, 0.6) is 0 Å². The SMILES string of the molecule is CCCC(=O)OCC(C)(C)OC(C)C1=CCC(C)(C)C1. The van der Waals surface area contributed by atoms with Crippen molar-refractivity contribution in [3.05, 3.63) is 11.6 Å². The summed E-state index contributed by atoms with van der Waals surface area (Å²) in [6.07, 6.45) is 5.87. The van der Waals surface area contributed by atoms with Gasteiger partial charge in [-0.3, -0.25) is 4.79 Å². The molecule has 0 bridgehead atoms. The Labute approximate surface area is 123 Å². The van der Waals surface area contributed by atoms with E-state index in [2.05, 4.69) is 26.8 Å². The Morgan fingerprint density at radius 3 is 2.60 bits per heavy atom. The van der Waals surface area contributed by atoms with E-state index in [0.29, 0.717) is 18.4 Å². The van der Waals surface area contributed by atoms with E-state index < -0.39 is 5.60 Å². The third-order valence-corrected chi connectivity index (χ3v) is 3.65. The van der Waals surface area contributed by atoms with Crippen LogP contribution in [0.25, 0.3) is 0 Å². The predicted octanol–water partition coefficient (Wildman–Crippen LogP) is 4.26. The van der Waals surface area contributed by atoms with Gasteiger partial charge in [-0.25, -0.2) is 0 Å². The van der Waals surface area contributed by atoms with Crippen LogP contribution < -0.4 is 0 Å². The molecular formula is C17H30O3. The van der Waals surface area contributed by atoms with Crippen LogP contribution in [0.3, 0.4) is 0 Å². The second-order valence-electron chi connectivity index (χ2n) is 7.25. The Morgan fingerprint density at radius 1 is 1.45 bits per heavy atom. The smallest absolute Gasteiger partial charge is 0.305 e. The Balaban J connectivity index is 2.43. The molecule has 3 heteroatoms. The lowest BCUT2D eigenvalue weighted by molar-refractivity contribution is -0.155. The minimum atomic E-state index is -0.448. The molecule has 0 N–H and O–H groups in total. The number of hydrogen-bond donors (Lipinski definition) is 0. The molecule has 0 spiro atoms. The molecular weight excluding hydrogens is 252 g/mol. The van der Waals surface area contributed by atoms with Gasteiger partial charge in [0, 0.05) is 6.42 Å². The molecule has 116 valence electrons. The maximum atomic E-state index is 11.4. The number of ether oxygens (including phenoxy) is 2. The fourth-order valence-corrected chi connectivity index (χ4v) is 2.53. The summed E-state index contributed by atoms with van der Waals surface area (Å²) in [4.78, 5) is 11.4. The summed E-state index contributed by atoms with van der Waals surface area (Å²) in [6.45, 7) is 12.9. The van der Waals surface area contributed by atoms with E-state index >= 15 is 0 Å². The Hall–Kier alpha value is -0.830. The molecule has 0 aliphatic heterocycles. The summed E-state index contributed by atoms with van der Waals surface area (Å²) in [7, 11) is 0. The first-order valence-corrected chi connectivity index (χ1v) is 7.67. The zero-order valence-corrected chi connectivity index (χ0v) is 13.9. The summed E-state index contributed by atoms with van der Waals surface area (Å²) in [5.74, 6) is -0.141. The molecule has 0 fully saturated rings. The first-order chi connectivity index (χ1) is 9.15. The van der Waals surface area contributed by atoms with Gasteiger partial charge in [0.25, 0.3) is 0 Å². The molecule has 0 aromatic heterocycles. The molecule has 20 heavy (non-hydrogen) atoms. The van der Waals surface area contributed by atoms with Crippen LogP contribution in [-0.4, -0.2) is 24.3 Å². The lowest BCUT2D eigenvalue weighted by Gasteiger charge is -2.30. The van der Waals surface area contributed by atoms with E-state index in [1.807, 2.05) is 20.8 Å². The summed E-state index contributed by atoms with van der Waals surface area (Å²) < 4.78 is 11.4. The third kappa shape index (κ3) is 5.66. The second-order valence-corrected chi connectivity index (χ2v) is 7.25. The summed E-state index contributed by atoms with van der Waals surface area (Å²) in [5.41, 5.74) is 1.27. The number of hydrogen-bond acceptors (Lipinski definition) is 3. The molecule has 1 aliphatic carbocycles. The average Bonchev–Trinajstić information content (AvgIpc) is 2.67. The first kappa shape index (κ1) is 17.2. The van der Waals surface area contributed by atoms with E-state index in [9.17, 15) is 4.79 Å². The number of carbonyl (C=O) groups is 1. The first-order valence-electron chi connectivity index (χ1n) is 7.67. The van der Waals surface area contributed by atoms with Crippen molar-refractivity contribution in [1.82, 2.24) is 0 Å². The number of allylic oxidation sites excluding steroid dienone is 1. The van der Waals surface area contributed by atoms with Gasteiger partial charge in [-0.05, 0) is 51.0 Å². The number of rotatable bonds is 7. The summed E-state index contributed by atoms with van der Waals surface area (Å²) in [6, 6.07) is 0.